The Morgan fingerprint density at radius 2 is 1.51 bits per heavy atom. The van der Waals surface area contributed by atoms with Crippen LogP contribution in [0.3, 0.4) is 0 Å². The number of nitrogens with one attached hydrogen (secondary N) is 2. The summed E-state index contributed by atoms with van der Waals surface area (Å²) in [5, 5.41) is 44.1. The first-order valence-electron chi connectivity index (χ1n) is 15.0. The molecular weight excluding hydrogens is 709 g/mol. The van der Waals surface area contributed by atoms with Crippen LogP contribution in [0.25, 0.3) is 21.5 Å². The molecule has 0 aliphatic heterocycles. The van der Waals surface area contributed by atoms with Crippen LogP contribution >= 0.6 is 0 Å². The second-order valence-electron chi connectivity index (χ2n) is 11.1. The van der Waals surface area contributed by atoms with Crippen LogP contribution in [-0.2, 0) is 25.0 Å². The second-order valence-corrected chi connectivity index (χ2v) is 13.9. The van der Waals surface area contributed by atoms with Gasteiger partial charge in [0, 0.05) is 36.2 Å². The molecule has 0 radical (unpaired) electrons. The number of carbonyl (C=O) groups is 2. The molecule has 0 heterocycles. The van der Waals surface area contributed by atoms with E-state index in [0.29, 0.717) is 23.6 Å². The number of fused-ring (bicyclic) bond motifs is 2. The maximum atomic E-state index is 12.9. The lowest BCUT2D eigenvalue weighted by molar-refractivity contribution is -0.114. The topological polar surface area (TPSA) is 262 Å². The zero-order valence-corrected chi connectivity index (χ0v) is 28.2. The normalized spacial score (nSPS) is 12.0. The molecule has 0 bridgehead atoms. The van der Waals surface area contributed by atoms with Gasteiger partial charge in [-0.1, -0.05) is 24.3 Å². The first kappa shape index (κ1) is 36.6. The summed E-state index contributed by atoms with van der Waals surface area (Å²) in [5.41, 5.74) is -0.965. The number of hydrogen-bond acceptors (Lipinski definition) is 12. The Balaban J connectivity index is 1.50. The molecule has 51 heavy (non-hydrogen) atoms. The number of ether oxygens (including phenoxy) is 1. The number of amides is 2. The third kappa shape index (κ3) is 8.22. The van der Waals surface area contributed by atoms with E-state index in [0.717, 1.165) is 25.1 Å². The predicted octanol–water partition coefficient (Wildman–Crippen LogP) is 5.57. The number of hydrogen-bond donors (Lipinski definition) is 7. The highest BCUT2D eigenvalue weighted by Crippen LogP contribution is 2.45. The molecule has 5 aromatic rings. The number of azo groups is 1. The molecular formula is C33H30N4O12S2. The van der Waals surface area contributed by atoms with Crippen molar-refractivity contribution in [1.82, 2.24) is 5.32 Å². The molecule has 5 aromatic carbocycles. The fourth-order valence-corrected chi connectivity index (χ4v) is 6.32. The van der Waals surface area contributed by atoms with Crippen molar-refractivity contribution in [3.63, 3.8) is 0 Å². The number of benzene rings is 5. The van der Waals surface area contributed by atoms with Crippen LogP contribution in [0.15, 0.2) is 92.8 Å². The highest BCUT2D eigenvalue weighted by Gasteiger charge is 2.26. The van der Waals surface area contributed by atoms with Crippen molar-refractivity contribution >= 4 is 70.7 Å². The molecule has 0 fully saturated rings. The van der Waals surface area contributed by atoms with Crippen LogP contribution in [0.1, 0.15) is 30.1 Å². The Bertz CT molecular complexity index is 2430. The smallest absolute Gasteiger partial charge is 0.296 e. The molecule has 16 nitrogen and oxygen atoms in total. The van der Waals surface area contributed by atoms with E-state index in [9.17, 15) is 45.7 Å². The van der Waals surface area contributed by atoms with Gasteiger partial charge in [0.15, 0.2) is 5.75 Å². The van der Waals surface area contributed by atoms with E-state index in [-0.39, 0.29) is 58.1 Å². The lowest BCUT2D eigenvalue weighted by Crippen LogP contribution is -2.24. The van der Waals surface area contributed by atoms with Crippen LogP contribution in [0, 0.1) is 0 Å². The van der Waals surface area contributed by atoms with Gasteiger partial charge in [0.25, 0.3) is 26.1 Å². The number of phenolic OH excluding ortho intramolecular Hbond substituents is 2. The van der Waals surface area contributed by atoms with Crippen molar-refractivity contribution < 1.29 is 55.6 Å². The number of rotatable bonds is 12. The summed E-state index contributed by atoms with van der Waals surface area (Å²) >= 11 is 0. The average molecular weight is 739 g/mol. The van der Waals surface area contributed by atoms with E-state index in [4.69, 9.17) is 9.84 Å². The van der Waals surface area contributed by atoms with Crippen LogP contribution in [0.2, 0.25) is 0 Å². The highest BCUT2D eigenvalue weighted by molar-refractivity contribution is 7.86. The van der Waals surface area contributed by atoms with Gasteiger partial charge in [-0.25, -0.2) is 0 Å². The average Bonchev–Trinajstić information content (AvgIpc) is 3.06. The fraction of sp³-hybridized carbons (Fsp3) is 0.152. The van der Waals surface area contributed by atoms with Crippen LogP contribution < -0.4 is 15.4 Å². The Morgan fingerprint density at radius 3 is 2.14 bits per heavy atom. The Hall–Kier alpha value is -5.66. The summed E-state index contributed by atoms with van der Waals surface area (Å²) in [6.45, 7) is 1.36. The fourth-order valence-electron chi connectivity index (χ4n) is 5.12. The monoisotopic (exact) mass is 738 g/mol. The van der Waals surface area contributed by atoms with Gasteiger partial charge >= 0.3 is 0 Å². The summed E-state index contributed by atoms with van der Waals surface area (Å²) in [5.74, 6) is -1.85. The molecule has 7 N–H and O–H groups in total. The molecule has 5 rings (SSSR count). The van der Waals surface area contributed by atoms with Gasteiger partial charge < -0.3 is 30.7 Å². The highest BCUT2D eigenvalue weighted by atomic mass is 32.2. The van der Waals surface area contributed by atoms with Gasteiger partial charge in [-0.3, -0.25) is 18.7 Å². The van der Waals surface area contributed by atoms with Crippen molar-refractivity contribution in [2.24, 2.45) is 10.2 Å². The van der Waals surface area contributed by atoms with Crippen LogP contribution in [0.5, 0.6) is 23.0 Å². The van der Waals surface area contributed by atoms with E-state index >= 15 is 0 Å². The number of aliphatic hydroxyl groups excluding tert-OH is 1. The summed E-state index contributed by atoms with van der Waals surface area (Å²) < 4.78 is 73.9. The number of aliphatic hydroxyl groups is 1. The number of phenols is 2. The first-order valence-corrected chi connectivity index (χ1v) is 17.9. The van der Waals surface area contributed by atoms with Gasteiger partial charge in [-0.05, 0) is 66.8 Å². The Morgan fingerprint density at radius 1 is 0.824 bits per heavy atom. The zero-order chi connectivity index (χ0) is 37.1. The number of carbonyl (C=O) groups excluding carboxylic acids is 2. The maximum Gasteiger partial charge on any atom is 0.296 e. The molecule has 0 aliphatic carbocycles. The minimum Gasteiger partial charge on any atom is -0.506 e. The summed E-state index contributed by atoms with van der Waals surface area (Å²) in [6.07, 6.45) is 1.04. The first-order chi connectivity index (χ1) is 24.1. The third-order valence-electron chi connectivity index (χ3n) is 7.43. The maximum absolute atomic E-state index is 12.9. The van der Waals surface area contributed by atoms with Gasteiger partial charge in [0.05, 0.1) is 21.8 Å². The molecule has 0 aromatic heterocycles. The largest absolute Gasteiger partial charge is 0.506 e. The molecule has 266 valence electrons. The van der Waals surface area contributed by atoms with Gasteiger partial charge in [-0.15, -0.1) is 5.11 Å². The molecule has 0 spiro atoms. The van der Waals surface area contributed by atoms with Crippen molar-refractivity contribution in [1.29, 1.82) is 0 Å². The quantitative estimate of drug-likeness (QED) is 0.0471. The third-order valence-corrected chi connectivity index (χ3v) is 9.13. The number of anilines is 1. The van der Waals surface area contributed by atoms with Crippen LogP contribution in [-0.4, -0.2) is 66.2 Å². The van der Waals surface area contributed by atoms with Gasteiger partial charge in [0.2, 0.25) is 5.91 Å². The van der Waals surface area contributed by atoms with Crippen molar-refractivity contribution in [2.75, 3.05) is 18.5 Å². The lowest BCUT2D eigenvalue weighted by Gasteiger charge is -2.14. The zero-order valence-electron chi connectivity index (χ0n) is 26.6. The molecule has 0 saturated heterocycles. The summed E-state index contributed by atoms with van der Waals surface area (Å²) in [4.78, 5) is 23.0. The molecule has 18 heteroatoms. The molecule has 0 saturated carbocycles. The van der Waals surface area contributed by atoms with Crippen molar-refractivity contribution in [2.45, 2.75) is 29.6 Å². The van der Waals surface area contributed by atoms with Crippen molar-refractivity contribution in [3.05, 3.63) is 78.4 Å². The minimum absolute atomic E-state index is 0.0176. The van der Waals surface area contributed by atoms with E-state index in [1.165, 1.54) is 30.3 Å². The molecule has 0 aliphatic rings. The minimum atomic E-state index is -5.11. The number of unbranched alkanes of at least 4 members (excludes halogenated alkanes) is 1. The second kappa shape index (κ2) is 14.7. The van der Waals surface area contributed by atoms with Gasteiger partial charge in [-0.2, -0.15) is 21.9 Å². The number of nitrogens with zero attached hydrogens (tertiary/aromatic N) is 2. The van der Waals surface area contributed by atoms with Crippen molar-refractivity contribution in [3.8, 4) is 23.0 Å². The molecule has 0 atom stereocenters. The summed E-state index contributed by atoms with van der Waals surface area (Å²) in [6, 6.07) is 16.4. The summed E-state index contributed by atoms with van der Waals surface area (Å²) in [7, 11) is -9.96. The van der Waals surface area contributed by atoms with Gasteiger partial charge in [0.1, 0.15) is 27.8 Å². The molecule has 0 unspecified atom stereocenters. The number of aromatic hydroxyl groups is 2. The van der Waals surface area contributed by atoms with E-state index in [1.54, 1.807) is 24.3 Å². The van der Waals surface area contributed by atoms with E-state index in [2.05, 4.69) is 20.9 Å². The van der Waals surface area contributed by atoms with E-state index < -0.39 is 53.3 Å². The van der Waals surface area contributed by atoms with Crippen LogP contribution in [0.4, 0.5) is 17.1 Å². The molecule has 2 amide bonds. The van der Waals surface area contributed by atoms with E-state index in [1.807, 2.05) is 0 Å². The Kier molecular flexibility index (Phi) is 10.5. The Labute approximate surface area is 290 Å². The lowest BCUT2D eigenvalue weighted by atomic mass is 10.0. The standard InChI is InChI=1S/C33H30N4O12S2/c1-18(39)35-26-16-22(50(43,44)45)14-19-15-28(51(46,47)48)30(32(41)29(19)26)37-36-20-8-10-21(11-9-20)49-27-17-25(33(42)34-12-4-5-13-38)31(40)24-7-3-2-6-23(24)27/h2-3,6-11,14-17,38,40-41H,4-5,12-13H2,1H3,(H,34,42)(H,35,39)(H,43,44,45)(H,46,47,48). The SMILES string of the molecule is CC(=O)Nc1cc(S(=O)(=O)O)cc2cc(S(=O)(=O)O)c(N=Nc3ccc(Oc4cc(C(=O)NCCCCO)c(O)c5ccccc45)cc3)c(O)c12. The predicted molar refractivity (Wildman–Crippen MR) is 185 cm³/mol.